The lowest BCUT2D eigenvalue weighted by Crippen LogP contribution is -2.23. The van der Waals surface area contributed by atoms with E-state index in [1.54, 1.807) is 47.5 Å². The highest BCUT2D eigenvalue weighted by Crippen LogP contribution is 2.22. The predicted octanol–water partition coefficient (Wildman–Crippen LogP) is 3.93. The van der Waals surface area contributed by atoms with E-state index in [9.17, 15) is 14.4 Å². The van der Waals surface area contributed by atoms with Crippen molar-refractivity contribution in [1.82, 2.24) is 4.57 Å². The summed E-state index contributed by atoms with van der Waals surface area (Å²) in [7, 11) is 0. The molecule has 1 aromatic heterocycles. The van der Waals surface area contributed by atoms with Crippen molar-refractivity contribution in [2.45, 2.75) is 19.4 Å². The normalized spacial score (nSPS) is 13.5. The van der Waals surface area contributed by atoms with Gasteiger partial charge in [-0.2, -0.15) is 0 Å². The molecule has 0 bridgehead atoms. The first-order chi connectivity index (χ1) is 14.5. The molecule has 2 amide bonds. The fourth-order valence-corrected chi connectivity index (χ4v) is 3.65. The topological polar surface area (TPSA) is 71.4 Å². The van der Waals surface area contributed by atoms with E-state index in [0.717, 1.165) is 17.7 Å². The number of anilines is 2. The third kappa shape index (κ3) is 4.28. The summed E-state index contributed by atoms with van der Waals surface area (Å²) in [5.41, 5.74) is 2.39. The van der Waals surface area contributed by atoms with Gasteiger partial charge in [-0.3, -0.25) is 14.4 Å². The van der Waals surface area contributed by atoms with Gasteiger partial charge in [-0.25, -0.2) is 0 Å². The number of halogens is 1. The van der Waals surface area contributed by atoms with Crippen molar-refractivity contribution in [2.24, 2.45) is 0 Å². The van der Waals surface area contributed by atoms with Gasteiger partial charge in [0.05, 0.1) is 12.2 Å². The van der Waals surface area contributed by atoms with Crippen molar-refractivity contribution in [1.29, 1.82) is 0 Å². The zero-order valence-corrected chi connectivity index (χ0v) is 16.9. The van der Waals surface area contributed by atoms with Crippen molar-refractivity contribution < 1.29 is 9.59 Å². The Hall–Kier alpha value is -3.38. The molecular weight excluding hydrogens is 402 g/mol. The van der Waals surface area contributed by atoms with Gasteiger partial charge in [-0.1, -0.05) is 29.8 Å². The number of benzene rings is 2. The molecule has 1 aliphatic rings. The molecule has 0 atom stereocenters. The first kappa shape index (κ1) is 19.9. The number of pyridine rings is 1. The van der Waals surface area contributed by atoms with Gasteiger partial charge in [0.1, 0.15) is 0 Å². The van der Waals surface area contributed by atoms with E-state index in [2.05, 4.69) is 5.32 Å². The fourth-order valence-electron chi connectivity index (χ4n) is 3.46. The summed E-state index contributed by atoms with van der Waals surface area (Å²) in [5.74, 6) is -0.190. The van der Waals surface area contributed by atoms with Crippen molar-refractivity contribution >= 4 is 34.8 Å². The second kappa shape index (κ2) is 8.55. The molecular formula is C23H20ClN3O3. The van der Waals surface area contributed by atoms with E-state index in [1.165, 1.54) is 10.6 Å². The fraction of sp³-hybridized carbons (Fsp3) is 0.174. The van der Waals surface area contributed by atoms with Crippen molar-refractivity contribution in [2.75, 3.05) is 16.8 Å². The number of rotatable bonds is 5. The van der Waals surface area contributed by atoms with Crippen LogP contribution in [0.2, 0.25) is 5.02 Å². The molecule has 6 nitrogen and oxygen atoms in total. The Morgan fingerprint density at radius 1 is 1.00 bits per heavy atom. The number of amides is 2. The summed E-state index contributed by atoms with van der Waals surface area (Å²) in [5, 5.41) is 3.39. The molecule has 152 valence electrons. The SMILES string of the molecule is O=C(Nc1ccc(=O)n(Cc2ccccc2Cl)c1)c1ccc(N2CCCC2=O)cc1. The second-order valence-electron chi connectivity index (χ2n) is 7.13. The van der Waals surface area contributed by atoms with Gasteiger partial charge in [0, 0.05) is 41.5 Å². The summed E-state index contributed by atoms with van der Waals surface area (Å²) >= 11 is 6.19. The molecule has 0 spiro atoms. The molecule has 0 unspecified atom stereocenters. The number of hydrogen-bond donors (Lipinski definition) is 1. The van der Waals surface area contributed by atoms with Crippen LogP contribution in [0.3, 0.4) is 0 Å². The molecule has 3 aromatic rings. The average Bonchev–Trinajstić information content (AvgIpc) is 3.18. The van der Waals surface area contributed by atoms with Crippen LogP contribution in [0.15, 0.2) is 71.7 Å². The van der Waals surface area contributed by atoms with Crippen LogP contribution in [-0.4, -0.2) is 22.9 Å². The summed E-state index contributed by atoms with van der Waals surface area (Å²) in [4.78, 5) is 38.4. The first-order valence-corrected chi connectivity index (χ1v) is 10.0. The van der Waals surface area contributed by atoms with Crippen LogP contribution in [0.4, 0.5) is 11.4 Å². The van der Waals surface area contributed by atoms with E-state index in [0.29, 0.717) is 35.8 Å². The summed E-state index contributed by atoms with van der Waals surface area (Å²) in [6.45, 7) is 1.01. The molecule has 7 heteroatoms. The lowest BCUT2D eigenvalue weighted by molar-refractivity contribution is -0.117. The molecule has 2 heterocycles. The highest BCUT2D eigenvalue weighted by atomic mass is 35.5. The van der Waals surface area contributed by atoms with E-state index >= 15 is 0 Å². The Kier molecular flexibility index (Phi) is 5.68. The maximum Gasteiger partial charge on any atom is 0.255 e. The van der Waals surface area contributed by atoms with Gasteiger partial charge in [0.15, 0.2) is 0 Å². The Labute approximate surface area is 178 Å². The largest absolute Gasteiger partial charge is 0.321 e. The third-order valence-corrected chi connectivity index (χ3v) is 5.42. The lowest BCUT2D eigenvalue weighted by Gasteiger charge is -2.16. The van der Waals surface area contributed by atoms with Crippen molar-refractivity contribution in [3.8, 4) is 0 Å². The number of hydrogen-bond acceptors (Lipinski definition) is 3. The Balaban J connectivity index is 1.49. The minimum Gasteiger partial charge on any atom is -0.321 e. The molecule has 1 saturated heterocycles. The Morgan fingerprint density at radius 2 is 1.77 bits per heavy atom. The van der Waals surface area contributed by atoms with Crippen LogP contribution in [0, 0.1) is 0 Å². The number of carbonyl (C=O) groups is 2. The van der Waals surface area contributed by atoms with Crippen LogP contribution in [0.25, 0.3) is 0 Å². The highest BCUT2D eigenvalue weighted by molar-refractivity contribution is 6.31. The maximum atomic E-state index is 12.6. The summed E-state index contributed by atoms with van der Waals surface area (Å²) in [6, 6.07) is 17.2. The lowest BCUT2D eigenvalue weighted by atomic mass is 10.2. The van der Waals surface area contributed by atoms with Crippen LogP contribution >= 0.6 is 11.6 Å². The molecule has 1 fully saturated rings. The number of aromatic nitrogens is 1. The van der Waals surface area contributed by atoms with Crippen LogP contribution < -0.4 is 15.8 Å². The minimum atomic E-state index is -0.294. The van der Waals surface area contributed by atoms with Gasteiger partial charge in [0.25, 0.3) is 11.5 Å². The third-order valence-electron chi connectivity index (χ3n) is 5.05. The quantitative estimate of drug-likeness (QED) is 0.678. The van der Waals surface area contributed by atoms with Gasteiger partial charge >= 0.3 is 0 Å². The Bertz CT molecular complexity index is 1150. The highest BCUT2D eigenvalue weighted by Gasteiger charge is 2.21. The van der Waals surface area contributed by atoms with E-state index in [1.807, 2.05) is 18.2 Å². The number of nitrogens with zero attached hydrogens (tertiary/aromatic N) is 2. The molecule has 1 aliphatic heterocycles. The van der Waals surface area contributed by atoms with Crippen molar-refractivity contribution in [3.63, 3.8) is 0 Å². The van der Waals surface area contributed by atoms with Crippen molar-refractivity contribution in [3.05, 3.63) is 93.4 Å². The van der Waals surface area contributed by atoms with Gasteiger partial charge in [-0.15, -0.1) is 0 Å². The molecule has 0 radical (unpaired) electrons. The standard InChI is InChI=1S/C23H20ClN3O3/c24-20-5-2-1-4-17(20)14-26-15-18(9-12-21(26)28)25-23(30)16-7-10-19(11-8-16)27-13-3-6-22(27)29/h1-2,4-5,7-12,15H,3,6,13-14H2,(H,25,30). The monoisotopic (exact) mass is 421 g/mol. The van der Waals surface area contributed by atoms with Crippen LogP contribution in [0.1, 0.15) is 28.8 Å². The van der Waals surface area contributed by atoms with Gasteiger partial charge in [-0.05, 0) is 48.4 Å². The van der Waals surface area contributed by atoms with Crippen LogP contribution in [0.5, 0.6) is 0 Å². The first-order valence-electron chi connectivity index (χ1n) is 9.67. The van der Waals surface area contributed by atoms with Gasteiger partial charge in [0.2, 0.25) is 5.91 Å². The molecule has 4 rings (SSSR count). The summed E-state index contributed by atoms with van der Waals surface area (Å²) in [6.07, 6.45) is 3.01. The molecule has 0 aliphatic carbocycles. The molecule has 0 saturated carbocycles. The smallest absolute Gasteiger partial charge is 0.255 e. The van der Waals surface area contributed by atoms with E-state index in [4.69, 9.17) is 11.6 Å². The summed E-state index contributed by atoms with van der Waals surface area (Å²) < 4.78 is 1.50. The maximum absolute atomic E-state index is 12.6. The predicted molar refractivity (Wildman–Crippen MR) is 117 cm³/mol. The molecule has 1 N–H and O–H groups in total. The van der Waals surface area contributed by atoms with Crippen LogP contribution in [-0.2, 0) is 11.3 Å². The van der Waals surface area contributed by atoms with E-state index < -0.39 is 0 Å². The average molecular weight is 422 g/mol. The molecule has 30 heavy (non-hydrogen) atoms. The molecule has 2 aromatic carbocycles. The number of carbonyl (C=O) groups excluding carboxylic acids is 2. The zero-order valence-electron chi connectivity index (χ0n) is 16.2. The van der Waals surface area contributed by atoms with Gasteiger partial charge < -0.3 is 14.8 Å². The second-order valence-corrected chi connectivity index (χ2v) is 7.53. The van der Waals surface area contributed by atoms with E-state index in [-0.39, 0.29) is 17.4 Å². The Morgan fingerprint density at radius 3 is 2.47 bits per heavy atom. The minimum absolute atomic E-state index is 0.105. The number of nitrogens with one attached hydrogen (secondary N) is 1. The zero-order chi connectivity index (χ0) is 21.1.